The largest absolute Gasteiger partial charge is 0.493 e. The number of carboxylic acid groups (broad SMARTS) is 1. The van der Waals surface area contributed by atoms with Gasteiger partial charge >= 0.3 is 5.97 Å². The van der Waals surface area contributed by atoms with Crippen LogP contribution in [0.4, 0.5) is 10.1 Å². The van der Waals surface area contributed by atoms with Gasteiger partial charge in [0.25, 0.3) is 5.89 Å². The van der Waals surface area contributed by atoms with E-state index in [0.29, 0.717) is 54.8 Å². The quantitative estimate of drug-likeness (QED) is 0.178. The van der Waals surface area contributed by atoms with Crippen LogP contribution in [0.25, 0.3) is 22.4 Å². The lowest BCUT2D eigenvalue weighted by Gasteiger charge is -2.32. The van der Waals surface area contributed by atoms with Gasteiger partial charge in [-0.2, -0.15) is 5.10 Å². The molecule has 0 aliphatic carbocycles. The number of carboxylic acids is 1. The Bertz CT molecular complexity index is 1990. The fourth-order valence-corrected chi connectivity index (χ4v) is 7.45. The number of likely N-dealkylation sites (N-methyl/N-ethyl adjacent to an activating group) is 1. The summed E-state index contributed by atoms with van der Waals surface area (Å²) in [6.45, 7) is 3.18. The van der Waals surface area contributed by atoms with Gasteiger partial charge in [0.2, 0.25) is 11.6 Å². The highest BCUT2D eigenvalue weighted by molar-refractivity contribution is 6.33. The molecule has 3 aliphatic heterocycles. The molecule has 1 fully saturated rings. The number of carbonyl (C=O) groups is 1. The first kappa shape index (κ1) is 31.1. The molecule has 4 aromatic rings. The molecule has 3 aromatic carbocycles. The lowest BCUT2D eigenvalue weighted by atomic mass is 9.97. The van der Waals surface area contributed by atoms with Crippen molar-refractivity contribution >= 4 is 51.9 Å². The monoisotopic (exact) mass is 656 g/mol. The fraction of sp³-hybridized carbons (Fsp3) is 0.333. The van der Waals surface area contributed by atoms with E-state index in [1.54, 1.807) is 12.3 Å². The molecule has 6 bridgehead atoms. The average molecular weight is 657 g/mol. The Balaban J connectivity index is 1.36. The third-order valence-corrected chi connectivity index (χ3v) is 9.60. The van der Waals surface area contributed by atoms with Gasteiger partial charge in [-0.05, 0) is 98.9 Å². The van der Waals surface area contributed by atoms with E-state index < -0.39 is 5.97 Å². The molecule has 1 N–H and O–H groups in total. The van der Waals surface area contributed by atoms with E-state index in [2.05, 4.69) is 21.4 Å². The van der Waals surface area contributed by atoms with Gasteiger partial charge in [0.05, 0.1) is 24.2 Å². The maximum atomic E-state index is 14.2. The summed E-state index contributed by atoms with van der Waals surface area (Å²) in [6.07, 6.45) is 8.79. The molecule has 0 saturated carbocycles. The Morgan fingerprint density at radius 3 is 2.74 bits per heavy atom. The number of fused-ring (bicyclic) bond motifs is 10. The predicted octanol–water partition coefficient (Wildman–Crippen LogP) is 7.75. The van der Waals surface area contributed by atoms with Crippen LogP contribution in [0.5, 0.6) is 5.75 Å². The standard InChI is InChI=1S/C36H35ClFN5O4/c1-3-39-42-15-5-4-7-25(42)20-29-30(37)13-12-28-27-8-6-16-46-31-18-22(17-23-19-24(38)10-11-26(23)31)9-14-32-40-41-33(47-32)21-43(2,34(28)29)35(27)36(44)45/h3,10-13,17-20H,4-9,14-16,21H2,1-2H3/p+1/b25-20+,39-3+. The summed E-state index contributed by atoms with van der Waals surface area (Å²) < 4.78 is 26.6. The zero-order chi connectivity index (χ0) is 32.7. The van der Waals surface area contributed by atoms with E-state index in [-0.39, 0.29) is 22.5 Å². The Labute approximate surface area is 277 Å². The molecule has 4 heterocycles. The first-order chi connectivity index (χ1) is 22.7. The zero-order valence-corrected chi connectivity index (χ0v) is 27.2. The van der Waals surface area contributed by atoms with Crippen LogP contribution >= 0.6 is 11.6 Å². The number of halogens is 2. The number of hydrazone groups is 1. The van der Waals surface area contributed by atoms with Crippen LogP contribution in [-0.2, 0) is 24.2 Å². The molecule has 9 nitrogen and oxygen atoms in total. The number of hydrogen-bond donors (Lipinski definition) is 1. The van der Waals surface area contributed by atoms with Gasteiger partial charge in [-0.3, -0.25) is 5.01 Å². The van der Waals surface area contributed by atoms with Gasteiger partial charge in [0.15, 0.2) is 12.2 Å². The summed E-state index contributed by atoms with van der Waals surface area (Å²) >= 11 is 6.97. The van der Waals surface area contributed by atoms with Crippen LogP contribution in [0.2, 0.25) is 5.02 Å². The molecule has 11 heteroatoms. The third kappa shape index (κ3) is 5.80. The Hall–Kier alpha value is -4.54. The van der Waals surface area contributed by atoms with E-state index >= 15 is 0 Å². The van der Waals surface area contributed by atoms with Crippen molar-refractivity contribution in [2.24, 2.45) is 5.10 Å². The number of quaternary nitrogens is 1. The Morgan fingerprint density at radius 2 is 1.91 bits per heavy atom. The number of ether oxygens (including phenoxy) is 1. The van der Waals surface area contributed by atoms with Gasteiger partial charge in [-0.25, -0.2) is 13.7 Å². The highest BCUT2D eigenvalue weighted by atomic mass is 35.5. The van der Waals surface area contributed by atoms with Gasteiger partial charge in [0, 0.05) is 41.4 Å². The van der Waals surface area contributed by atoms with E-state index in [9.17, 15) is 14.3 Å². The molecule has 7 rings (SSSR count). The van der Waals surface area contributed by atoms with Crippen LogP contribution < -0.4 is 9.22 Å². The summed E-state index contributed by atoms with van der Waals surface area (Å²) in [5.41, 5.74) is 5.33. The van der Waals surface area contributed by atoms with Crippen molar-refractivity contribution in [1.29, 1.82) is 0 Å². The molecular formula is C36H36ClFN5O4+. The second-order valence-electron chi connectivity index (χ2n) is 12.4. The number of aromatic nitrogens is 2. The molecule has 0 radical (unpaired) electrons. The fourth-order valence-electron chi connectivity index (χ4n) is 7.24. The zero-order valence-electron chi connectivity index (χ0n) is 26.4. The molecule has 3 aliphatic rings. The normalized spacial score (nSPS) is 21.0. The maximum Gasteiger partial charge on any atom is 0.391 e. The lowest BCUT2D eigenvalue weighted by molar-refractivity contribution is -0.134. The Morgan fingerprint density at radius 1 is 1.06 bits per heavy atom. The summed E-state index contributed by atoms with van der Waals surface area (Å²) in [5.74, 6) is 0.0835. The van der Waals surface area contributed by atoms with Gasteiger partial charge in [-0.1, -0.05) is 17.7 Å². The second-order valence-corrected chi connectivity index (χ2v) is 12.8. The van der Waals surface area contributed by atoms with Crippen LogP contribution in [0.15, 0.2) is 63.4 Å². The molecule has 242 valence electrons. The second kappa shape index (κ2) is 12.6. The number of benzene rings is 3. The molecule has 1 aromatic heterocycles. The van der Waals surface area contributed by atoms with Gasteiger partial charge < -0.3 is 14.3 Å². The maximum absolute atomic E-state index is 14.2. The molecule has 0 amide bonds. The van der Waals surface area contributed by atoms with Crippen molar-refractivity contribution < 1.29 is 23.4 Å². The number of nitrogens with zero attached hydrogens (tertiary/aromatic N) is 5. The predicted molar refractivity (Wildman–Crippen MR) is 180 cm³/mol. The van der Waals surface area contributed by atoms with Crippen molar-refractivity contribution in [3.8, 4) is 5.75 Å². The highest BCUT2D eigenvalue weighted by Crippen LogP contribution is 2.51. The number of aliphatic carboxylic acids is 1. The minimum atomic E-state index is -1.02. The SMILES string of the molecule is C/C=N/N1CCCC/C1=C\c1c(Cl)ccc2c1[N+]1(C)Cc3nnc(o3)CCc3cc(c4ccc(F)cc4c3)OCCCC2=C1C(=O)O. The highest BCUT2D eigenvalue weighted by Gasteiger charge is 2.49. The van der Waals surface area contributed by atoms with Crippen LogP contribution in [0.1, 0.15) is 67.5 Å². The summed E-state index contributed by atoms with van der Waals surface area (Å²) in [7, 11) is 1.88. The minimum Gasteiger partial charge on any atom is -0.493 e. The van der Waals surface area contributed by atoms with Crippen molar-refractivity contribution in [2.75, 3.05) is 20.2 Å². The van der Waals surface area contributed by atoms with Crippen LogP contribution in [0, 0.1) is 5.82 Å². The summed E-state index contributed by atoms with van der Waals surface area (Å²) in [5, 5.41) is 28.2. The number of piperidine rings is 1. The topological polar surface area (TPSA) is 101 Å². The van der Waals surface area contributed by atoms with E-state index in [1.807, 2.05) is 43.2 Å². The lowest BCUT2D eigenvalue weighted by Crippen LogP contribution is -2.45. The van der Waals surface area contributed by atoms with Crippen molar-refractivity contribution in [1.82, 2.24) is 19.7 Å². The van der Waals surface area contributed by atoms with Crippen molar-refractivity contribution in [2.45, 2.75) is 58.4 Å². The first-order valence-corrected chi connectivity index (χ1v) is 16.4. The van der Waals surface area contributed by atoms with Crippen LogP contribution in [-0.4, -0.2) is 52.7 Å². The number of rotatable bonds is 3. The Kier molecular flexibility index (Phi) is 8.32. The van der Waals surface area contributed by atoms with Crippen molar-refractivity contribution in [3.63, 3.8) is 0 Å². The molecule has 1 atom stereocenters. The van der Waals surface area contributed by atoms with Crippen molar-refractivity contribution in [3.05, 3.63) is 93.2 Å². The molecule has 0 spiro atoms. The molecule has 47 heavy (non-hydrogen) atoms. The van der Waals surface area contributed by atoms with E-state index in [4.69, 9.17) is 20.8 Å². The molecule has 1 saturated heterocycles. The van der Waals surface area contributed by atoms with Gasteiger partial charge in [-0.15, -0.1) is 10.2 Å². The van der Waals surface area contributed by atoms with E-state index in [1.165, 1.54) is 12.1 Å². The number of allylic oxidation sites excluding steroid dienone is 2. The minimum absolute atomic E-state index is 0.0888. The number of aryl methyl sites for hydroxylation is 2. The van der Waals surface area contributed by atoms with Gasteiger partial charge in [0.1, 0.15) is 11.6 Å². The first-order valence-electron chi connectivity index (χ1n) is 16.0. The van der Waals surface area contributed by atoms with Crippen LogP contribution in [0.3, 0.4) is 0 Å². The molecule has 1 unspecified atom stereocenters. The summed E-state index contributed by atoms with van der Waals surface area (Å²) in [4.78, 5) is 13.2. The smallest absolute Gasteiger partial charge is 0.391 e. The third-order valence-electron chi connectivity index (χ3n) is 9.27. The number of hydrogen-bond acceptors (Lipinski definition) is 7. The van der Waals surface area contributed by atoms with E-state index in [0.717, 1.165) is 70.2 Å². The molecular weight excluding hydrogens is 621 g/mol. The summed E-state index contributed by atoms with van der Waals surface area (Å²) in [6, 6.07) is 12.4. The average Bonchev–Trinajstić information content (AvgIpc) is 3.58.